The van der Waals surface area contributed by atoms with Crippen molar-refractivity contribution in [2.75, 3.05) is 26.2 Å². The molecule has 0 saturated carbocycles. The van der Waals surface area contributed by atoms with Crippen LogP contribution in [-0.4, -0.2) is 36.3 Å². The van der Waals surface area contributed by atoms with Gasteiger partial charge in [0, 0.05) is 11.1 Å². The molecule has 2 N–H and O–H groups in total. The number of benzene rings is 2. The second kappa shape index (κ2) is 7.81. The highest BCUT2D eigenvalue weighted by molar-refractivity contribution is 5.55. The molecule has 5 nitrogen and oxygen atoms in total. The molecule has 0 aliphatic carbocycles. The Kier molecular flexibility index (Phi) is 5.09. The third-order valence-electron chi connectivity index (χ3n) is 5.11. The number of hydrogen-bond donors (Lipinski definition) is 2. The number of aromatic nitrogens is 2. The average molecular weight is 350 g/mol. The van der Waals surface area contributed by atoms with Crippen molar-refractivity contribution in [1.82, 2.24) is 10.1 Å². The highest BCUT2D eigenvalue weighted by Gasteiger charge is 2.25. The van der Waals surface area contributed by atoms with Crippen LogP contribution in [0.2, 0.25) is 0 Å². The summed E-state index contributed by atoms with van der Waals surface area (Å²) in [4.78, 5) is 7.78. The lowest BCUT2D eigenvalue weighted by molar-refractivity contribution is -1.02. The summed E-state index contributed by atoms with van der Waals surface area (Å²) in [5.74, 6) is 1.43. The van der Waals surface area contributed by atoms with Crippen LogP contribution >= 0.6 is 0 Å². The molecule has 4 rings (SSSR count). The minimum atomic E-state index is 0.691. The molecule has 2 aromatic carbocycles. The molecule has 1 aliphatic heterocycles. The van der Waals surface area contributed by atoms with Crippen LogP contribution in [0.1, 0.15) is 17.0 Å². The first-order valence-electron chi connectivity index (χ1n) is 9.37. The number of piperazine rings is 1. The van der Waals surface area contributed by atoms with E-state index in [9.17, 15) is 0 Å². The molecule has 1 fully saturated rings. The summed E-state index contributed by atoms with van der Waals surface area (Å²) in [7, 11) is 0. The first-order chi connectivity index (χ1) is 12.8. The van der Waals surface area contributed by atoms with Crippen molar-refractivity contribution >= 4 is 0 Å². The number of nitrogens with zero attached hydrogens (tertiary/aromatic N) is 2. The summed E-state index contributed by atoms with van der Waals surface area (Å²) >= 11 is 0. The van der Waals surface area contributed by atoms with Crippen LogP contribution in [0.15, 0.2) is 59.1 Å². The van der Waals surface area contributed by atoms with Crippen LogP contribution < -0.4 is 9.80 Å². The van der Waals surface area contributed by atoms with Crippen molar-refractivity contribution in [2.45, 2.75) is 20.0 Å². The molecule has 26 heavy (non-hydrogen) atoms. The Bertz CT molecular complexity index is 838. The summed E-state index contributed by atoms with van der Waals surface area (Å²) in [5, 5.41) is 4.16. The van der Waals surface area contributed by atoms with Crippen LogP contribution in [0, 0.1) is 6.92 Å². The molecule has 0 atom stereocenters. The lowest BCUT2D eigenvalue weighted by Crippen LogP contribution is -3.27. The summed E-state index contributed by atoms with van der Waals surface area (Å²) in [6, 6.07) is 19.0. The molecule has 0 unspecified atom stereocenters. The molecule has 1 aliphatic rings. The second-order valence-corrected chi connectivity index (χ2v) is 7.22. The second-order valence-electron chi connectivity index (χ2n) is 7.22. The zero-order chi connectivity index (χ0) is 17.8. The maximum atomic E-state index is 5.50. The zero-order valence-corrected chi connectivity index (χ0v) is 15.2. The predicted molar refractivity (Wildman–Crippen MR) is 99.7 cm³/mol. The van der Waals surface area contributed by atoms with Crippen LogP contribution in [0.5, 0.6) is 0 Å². The number of hydrogen-bond acceptors (Lipinski definition) is 3. The van der Waals surface area contributed by atoms with Crippen LogP contribution in [0.3, 0.4) is 0 Å². The van der Waals surface area contributed by atoms with Crippen molar-refractivity contribution in [3.63, 3.8) is 0 Å². The van der Waals surface area contributed by atoms with E-state index in [-0.39, 0.29) is 0 Å². The highest BCUT2D eigenvalue weighted by Crippen LogP contribution is 2.16. The summed E-state index contributed by atoms with van der Waals surface area (Å²) in [6.45, 7) is 8.66. The third kappa shape index (κ3) is 4.18. The SMILES string of the molecule is Cc1cccc(-c2noc(C[NH+]3CC[NH+](Cc4ccccc4)CC3)n2)c1. The van der Waals surface area contributed by atoms with Gasteiger partial charge in [-0.3, -0.25) is 0 Å². The number of aryl methyl sites for hydroxylation is 1. The van der Waals surface area contributed by atoms with Gasteiger partial charge in [0.1, 0.15) is 32.7 Å². The Morgan fingerprint density at radius 1 is 0.885 bits per heavy atom. The van der Waals surface area contributed by atoms with Gasteiger partial charge in [-0.15, -0.1) is 0 Å². The van der Waals surface area contributed by atoms with Crippen molar-refractivity contribution in [3.8, 4) is 11.4 Å². The first kappa shape index (κ1) is 16.9. The molecule has 5 heteroatoms. The van der Waals surface area contributed by atoms with E-state index in [1.807, 2.05) is 12.1 Å². The van der Waals surface area contributed by atoms with Gasteiger partial charge in [-0.05, 0) is 13.0 Å². The zero-order valence-electron chi connectivity index (χ0n) is 15.2. The fraction of sp³-hybridized carbons (Fsp3) is 0.333. The van der Waals surface area contributed by atoms with E-state index in [2.05, 4.69) is 59.5 Å². The van der Waals surface area contributed by atoms with E-state index in [1.165, 1.54) is 29.1 Å². The van der Waals surface area contributed by atoms with Gasteiger partial charge in [-0.1, -0.05) is 59.3 Å². The van der Waals surface area contributed by atoms with Gasteiger partial charge < -0.3 is 14.3 Å². The fourth-order valence-electron chi connectivity index (χ4n) is 3.64. The molecular formula is C21H26N4O+2. The van der Waals surface area contributed by atoms with Gasteiger partial charge in [0.15, 0.2) is 6.54 Å². The summed E-state index contributed by atoms with van der Waals surface area (Å²) < 4.78 is 5.50. The maximum Gasteiger partial charge on any atom is 0.282 e. The molecule has 0 spiro atoms. The fourth-order valence-corrected chi connectivity index (χ4v) is 3.64. The Morgan fingerprint density at radius 2 is 1.62 bits per heavy atom. The van der Waals surface area contributed by atoms with Crippen molar-refractivity contribution in [2.24, 2.45) is 0 Å². The predicted octanol–water partition coefficient (Wildman–Crippen LogP) is 0.529. The van der Waals surface area contributed by atoms with Crippen LogP contribution in [0.4, 0.5) is 0 Å². The van der Waals surface area contributed by atoms with Crippen LogP contribution in [0.25, 0.3) is 11.4 Å². The van der Waals surface area contributed by atoms with Gasteiger partial charge in [-0.25, -0.2) is 0 Å². The standard InChI is InChI=1S/C21H24N4O/c1-17-6-5-9-19(14-17)21-22-20(26-23-21)16-25-12-10-24(11-13-25)15-18-7-3-2-4-8-18/h2-9,14H,10-13,15-16H2,1H3/p+2. The maximum absolute atomic E-state index is 5.50. The summed E-state index contributed by atoms with van der Waals surface area (Å²) in [5.41, 5.74) is 3.65. The van der Waals surface area contributed by atoms with E-state index < -0.39 is 0 Å². The van der Waals surface area contributed by atoms with Crippen molar-refractivity contribution < 1.29 is 14.3 Å². The van der Waals surface area contributed by atoms with E-state index >= 15 is 0 Å². The Morgan fingerprint density at radius 3 is 2.35 bits per heavy atom. The van der Waals surface area contributed by atoms with E-state index in [1.54, 1.807) is 4.90 Å². The number of quaternary nitrogens is 2. The monoisotopic (exact) mass is 350 g/mol. The lowest BCUT2D eigenvalue weighted by Gasteiger charge is -2.28. The quantitative estimate of drug-likeness (QED) is 0.706. The normalized spacial score (nSPS) is 20.2. The Labute approximate surface area is 154 Å². The van der Waals surface area contributed by atoms with E-state index in [4.69, 9.17) is 4.52 Å². The van der Waals surface area contributed by atoms with E-state index in [0.717, 1.165) is 37.6 Å². The molecule has 0 radical (unpaired) electrons. The smallest absolute Gasteiger partial charge is 0.282 e. The van der Waals surface area contributed by atoms with Gasteiger partial charge in [0.25, 0.3) is 5.89 Å². The lowest BCUT2D eigenvalue weighted by atomic mass is 10.1. The van der Waals surface area contributed by atoms with Gasteiger partial charge >= 0.3 is 0 Å². The molecule has 1 saturated heterocycles. The molecule has 2 heterocycles. The van der Waals surface area contributed by atoms with Crippen molar-refractivity contribution in [1.29, 1.82) is 0 Å². The van der Waals surface area contributed by atoms with Gasteiger partial charge in [0.2, 0.25) is 5.82 Å². The Balaban J connectivity index is 1.31. The topological polar surface area (TPSA) is 47.8 Å². The average Bonchev–Trinajstić information content (AvgIpc) is 3.13. The molecule has 0 bridgehead atoms. The molecule has 0 amide bonds. The van der Waals surface area contributed by atoms with E-state index in [0.29, 0.717) is 5.82 Å². The largest absolute Gasteiger partial charge is 0.333 e. The van der Waals surface area contributed by atoms with Crippen molar-refractivity contribution in [3.05, 3.63) is 71.6 Å². The molecule has 134 valence electrons. The minimum absolute atomic E-state index is 0.691. The first-order valence-corrected chi connectivity index (χ1v) is 9.37. The van der Waals surface area contributed by atoms with Gasteiger partial charge in [-0.2, -0.15) is 4.98 Å². The minimum Gasteiger partial charge on any atom is -0.333 e. The highest BCUT2D eigenvalue weighted by atomic mass is 16.5. The molecule has 3 aromatic rings. The molecular weight excluding hydrogens is 324 g/mol. The Hall–Kier alpha value is -2.50. The third-order valence-corrected chi connectivity index (χ3v) is 5.11. The summed E-state index contributed by atoms with van der Waals surface area (Å²) in [6.07, 6.45) is 0. The number of rotatable bonds is 5. The molecule has 1 aromatic heterocycles. The van der Waals surface area contributed by atoms with Crippen LogP contribution in [-0.2, 0) is 13.1 Å². The number of nitrogens with one attached hydrogen (secondary N) is 2. The van der Waals surface area contributed by atoms with Gasteiger partial charge in [0.05, 0.1) is 0 Å².